The zero-order chi connectivity index (χ0) is 30.6. The number of methoxy groups -OCH3 is 1. The van der Waals surface area contributed by atoms with E-state index >= 15 is 0 Å². The molecule has 0 spiro atoms. The third kappa shape index (κ3) is 7.06. The Hall–Kier alpha value is -4.86. The van der Waals surface area contributed by atoms with Gasteiger partial charge in [0.05, 0.1) is 18.0 Å². The minimum Gasteiger partial charge on any atom is -0.497 e. The molecule has 10 nitrogen and oxygen atoms in total. The smallest absolute Gasteiger partial charge is 0.408 e. The van der Waals surface area contributed by atoms with E-state index < -0.39 is 23.3 Å². The molecule has 0 unspecified atom stereocenters. The summed E-state index contributed by atoms with van der Waals surface area (Å²) in [6.07, 6.45) is -0.778. The Kier molecular flexibility index (Phi) is 8.84. The summed E-state index contributed by atoms with van der Waals surface area (Å²) in [5.41, 5.74) is 2.91. The van der Waals surface area contributed by atoms with Crippen LogP contribution in [0.1, 0.15) is 43.0 Å². The summed E-state index contributed by atoms with van der Waals surface area (Å²) in [5.74, 6) is 0.361. The van der Waals surface area contributed by atoms with Crippen LogP contribution in [0.25, 0.3) is 10.9 Å². The number of nitrogens with zero attached hydrogens (tertiary/aromatic N) is 2. The Morgan fingerprint density at radius 1 is 1.02 bits per heavy atom. The first-order valence-electron chi connectivity index (χ1n) is 13.6. The monoisotopic (exact) mass is 572 g/mol. The molecule has 1 atom stereocenters. The average molecular weight is 573 g/mol. The second kappa shape index (κ2) is 12.3. The maximum atomic E-state index is 13.4. The Morgan fingerprint density at radius 3 is 2.29 bits per heavy atom. The number of aryl methyl sites for hydroxylation is 2. The van der Waals surface area contributed by atoms with Crippen molar-refractivity contribution in [2.24, 2.45) is 0 Å². The van der Waals surface area contributed by atoms with Gasteiger partial charge in [-0.25, -0.2) is 9.59 Å². The fraction of sp³-hybridized carbons (Fsp3) is 0.312. The van der Waals surface area contributed by atoms with Crippen molar-refractivity contribution in [2.75, 3.05) is 17.7 Å². The SMILES string of the molecule is COc1ccc(C[C@H](Nc2nc3ccc(CN(C(=O)O)C(C)(C)C)c(C)c3c(=O)o2)C(=O)Nc2ccc(C)cc2)cc1. The van der Waals surface area contributed by atoms with Gasteiger partial charge in [0.1, 0.15) is 11.8 Å². The first-order valence-corrected chi connectivity index (χ1v) is 13.6. The molecule has 1 heterocycles. The van der Waals surface area contributed by atoms with E-state index in [0.29, 0.717) is 28.1 Å². The molecule has 3 N–H and O–H groups in total. The fourth-order valence-electron chi connectivity index (χ4n) is 4.58. The molecular formula is C32H36N4O6. The van der Waals surface area contributed by atoms with Crippen molar-refractivity contribution in [1.82, 2.24) is 9.88 Å². The first-order chi connectivity index (χ1) is 19.8. The first kappa shape index (κ1) is 30.1. The summed E-state index contributed by atoms with van der Waals surface area (Å²) < 4.78 is 10.8. The quantitative estimate of drug-likeness (QED) is 0.231. The van der Waals surface area contributed by atoms with Crippen LogP contribution in [0, 0.1) is 13.8 Å². The molecule has 4 rings (SSSR count). The lowest BCUT2D eigenvalue weighted by molar-refractivity contribution is -0.116. The summed E-state index contributed by atoms with van der Waals surface area (Å²) in [5, 5.41) is 15.9. The molecule has 2 amide bonds. The molecule has 4 aromatic rings. The van der Waals surface area contributed by atoms with Gasteiger partial charge < -0.3 is 24.9 Å². The minimum absolute atomic E-state index is 0.0981. The van der Waals surface area contributed by atoms with Gasteiger partial charge in [0.15, 0.2) is 0 Å². The number of carbonyl (C=O) groups is 2. The van der Waals surface area contributed by atoms with Crippen molar-refractivity contribution < 1.29 is 23.8 Å². The average Bonchev–Trinajstić information content (AvgIpc) is 2.93. The lowest BCUT2D eigenvalue weighted by atomic mass is 10.0. The van der Waals surface area contributed by atoms with Crippen LogP contribution >= 0.6 is 0 Å². The summed E-state index contributed by atoms with van der Waals surface area (Å²) in [6.45, 7) is 9.23. The van der Waals surface area contributed by atoms with Crippen LogP contribution in [0.5, 0.6) is 5.75 Å². The molecule has 42 heavy (non-hydrogen) atoms. The molecule has 3 aromatic carbocycles. The number of rotatable bonds is 9. The second-order valence-corrected chi connectivity index (χ2v) is 11.2. The van der Waals surface area contributed by atoms with E-state index in [2.05, 4.69) is 15.6 Å². The van der Waals surface area contributed by atoms with Gasteiger partial charge in [0.25, 0.3) is 6.01 Å². The van der Waals surface area contributed by atoms with E-state index in [-0.39, 0.29) is 30.3 Å². The van der Waals surface area contributed by atoms with Gasteiger partial charge in [-0.05, 0) is 81.6 Å². The number of benzene rings is 3. The van der Waals surface area contributed by atoms with Gasteiger partial charge in [0.2, 0.25) is 5.91 Å². The summed E-state index contributed by atoms with van der Waals surface area (Å²) in [4.78, 5) is 44.3. The summed E-state index contributed by atoms with van der Waals surface area (Å²) in [6, 6.07) is 17.3. The molecule has 1 aromatic heterocycles. The Morgan fingerprint density at radius 2 is 1.69 bits per heavy atom. The third-order valence-corrected chi connectivity index (χ3v) is 7.07. The number of hydrogen-bond acceptors (Lipinski definition) is 7. The lowest BCUT2D eigenvalue weighted by Gasteiger charge is -2.33. The van der Waals surface area contributed by atoms with E-state index in [0.717, 1.165) is 11.1 Å². The number of amides is 2. The van der Waals surface area contributed by atoms with E-state index in [9.17, 15) is 19.5 Å². The van der Waals surface area contributed by atoms with Crippen LogP contribution in [0.15, 0.2) is 69.9 Å². The van der Waals surface area contributed by atoms with Crippen LogP contribution in [-0.2, 0) is 17.8 Å². The largest absolute Gasteiger partial charge is 0.497 e. The highest BCUT2D eigenvalue weighted by atomic mass is 16.5. The lowest BCUT2D eigenvalue weighted by Crippen LogP contribution is -2.44. The summed E-state index contributed by atoms with van der Waals surface area (Å²) >= 11 is 0. The zero-order valence-corrected chi connectivity index (χ0v) is 24.6. The van der Waals surface area contributed by atoms with Crippen LogP contribution in [0.4, 0.5) is 16.5 Å². The van der Waals surface area contributed by atoms with Crippen LogP contribution in [-0.4, -0.2) is 45.7 Å². The predicted molar refractivity (Wildman–Crippen MR) is 162 cm³/mol. The molecule has 10 heteroatoms. The van der Waals surface area contributed by atoms with E-state index in [4.69, 9.17) is 9.15 Å². The number of hydrogen-bond donors (Lipinski definition) is 3. The van der Waals surface area contributed by atoms with Crippen molar-refractivity contribution in [3.8, 4) is 5.75 Å². The minimum atomic E-state index is -1.06. The maximum Gasteiger partial charge on any atom is 0.408 e. The number of fused-ring (bicyclic) bond motifs is 1. The molecule has 0 aliphatic carbocycles. The number of nitrogens with one attached hydrogen (secondary N) is 2. The van der Waals surface area contributed by atoms with E-state index in [1.54, 1.807) is 26.2 Å². The number of carbonyl (C=O) groups excluding carboxylic acids is 1. The maximum absolute atomic E-state index is 13.4. The van der Waals surface area contributed by atoms with Crippen molar-refractivity contribution in [1.29, 1.82) is 0 Å². The molecular weight excluding hydrogens is 536 g/mol. The summed E-state index contributed by atoms with van der Waals surface area (Å²) in [7, 11) is 1.58. The Balaban J connectivity index is 1.65. The van der Waals surface area contributed by atoms with Crippen LogP contribution in [0.2, 0.25) is 0 Å². The number of aromatic nitrogens is 1. The van der Waals surface area contributed by atoms with Gasteiger partial charge in [0, 0.05) is 24.2 Å². The Labute approximate surface area is 244 Å². The molecule has 0 saturated carbocycles. The number of carboxylic acid groups (broad SMARTS) is 1. The molecule has 0 saturated heterocycles. The van der Waals surface area contributed by atoms with Gasteiger partial charge in [-0.2, -0.15) is 4.98 Å². The molecule has 0 aliphatic heterocycles. The highest BCUT2D eigenvalue weighted by Crippen LogP contribution is 2.24. The molecule has 220 valence electrons. The normalized spacial score (nSPS) is 12.0. The molecule has 0 aliphatic rings. The zero-order valence-electron chi connectivity index (χ0n) is 24.6. The standard InChI is InChI=1S/C32H36N4O6/c1-19-7-12-23(13-8-19)33-28(37)26(17-21-9-14-24(41-6)15-10-21)35-30-34-25-16-11-22(20(2)27(25)29(38)42-30)18-36(31(39)40)32(3,4)5/h7-16,26H,17-18H2,1-6H3,(H,33,37)(H,34,35)(H,39,40)/t26-/m0/s1. The van der Waals surface area contributed by atoms with Crippen molar-refractivity contribution in [3.05, 3.63) is 93.3 Å². The highest BCUT2D eigenvalue weighted by molar-refractivity contribution is 5.96. The van der Waals surface area contributed by atoms with Gasteiger partial charge >= 0.3 is 11.7 Å². The van der Waals surface area contributed by atoms with Crippen LogP contribution < -0.4 is 21.0 Å². The highest BCUT2D eigenvalue weighted by Gasteiger charge is 2.27. The predicted octanol–water partition coefficient (Wildman–Crippen LogP) is 5.75. The fourth-order valence-corrected chi connectivity index (χ4v) is 4.58. The topological polar surface area (TPSA) is 134 Å². The number of anilines is 2. The van der Waals surface area contributed by atoms with Crippen molar-refractivity contribution in [3.63, 3.8) is 0 Å². The van der Waals surface area contributed by atoms with E-state index in [1.165, 1.54) is 4.90 Å². The molecule has 0 radical (unpaired) electrons. The van der Waals surface area contributed by atoms with Gasteiger partial charge in [-0.3, -0.25) is 9.69 Å². The van der Waals surface area contributed by atoms with Crippen LogP contribution in [0.3, 0.4) is 0 Å². The van der Waals surface area contributed by atoms with Crippen molar-refractivity contribution in [2.45, 2.75) is 59.2 Å². The Bertz CT molecular complexity index is 1640. The number of ether oxygens (including phenoxy) is 1. The van der Waals surface area contributed by atoms with Crippen molar-refractivity contribution >= 4 is 34.6 Å². The van der Waals surface area contributed by atoms with Gasteiger partial charge in [-0.1, -0.05) is 35.9 Å². The molecule has 0 bridgehead atoms. The third-order valence-electron chi connectivity index (χ3n) is 7.07. The second-order valence-electron chi connectivity index (χ2n) is 11.2. The van der Waals surface area contributed by atoms with Gasteiger partial charge in [-0.15, -0.1) is 0 Å². The molecule has 0 fully saturated rings. The van der Waals surface area contributed by atoms with E-state index in [1.807, 2.05) is 76.2 Å².